The van der Waals surface area contributed by atoms with E-state index in [2.05, 4.69) is 4.90 Å². The summed E-state index contributed by atoms with van der Waals surface area (Å²) in [5.41, 5.74) is 5.59. The summed E-state index contributed by atoms with van der Waals surface area (Å²) >= 11 is 0. The van der Waals surface area contributed by atoms with Gasteiger partial charge in [-0.3, -0.25) is 4.39 Å². The van der Waals surface area contributed by atoms with Gasteiger partial charge in [-0.1, -0.05) is 0 Å². The third-order valence-electron chi connectivity index (χ3n) is 2.54. The zero-order valence-electron chi connectivity index (χ0n) is 7.64. The van der Waals surface area contributed by atoms with Crippen LogP contribution in [0.15, 0.2) is 0 Å². The molecule has 12 heavy (non-hydrogen) atoms. The van der Waals surface area contributed by atoms with Crippen molar-refractivity contribution in [2.45, 2.75) is 19.3 Å². The molecule has 3 heteroatoms. The highest BCUT2D eigenvalue weighted by atomic mass is 19.1. The van der Waals surface area contributed by atoms with Crippen LogP contribution in [0.2, 0.25) is 0 Å². The summed E-state index contributed by atoms with van der Waals surface area (Å²) in [6.07, 6.45) is 3.16. The maximum Gasteiger partial charge on any atom is 0.0906 e. The van der Waals surface area contributed by atoms with Crippen molar-refractivity contribution in [3.8, 4) is 0 Å². The highest BCUT2D eigenvalue weighted by molar-refractivity contribution is 4.73. The van der Waals surface area contributed by atoms with Gasteiger partial charge in [0.2, 0.25) is 0 Å². The van der Waals surface area contributed by atoms with Crippen molar-refractivity contribution in [3.05, 3.63) is 0 Å². The summed E-state index contributed by atoms with van der Waals surface area (Å²) < 4.78 is 11.9. The van der Waals surface area contributed by atoms with Crippen LogP contribution >= 0.6 is 0 Å². The second-order valence-corrected chi connectivity index (χ2v) is 3.59. The molecule has 0 aromatic heterocycles. The van der Waals surface area contributed by atoms with E-state index >= 15 is 0 Å². The summed E-state index contributed by atoms with van der Waals surface area (Å²) in [6.45, 7) is 3.72. The molecule has 1 aliphatic heterocycles. The number of nitrogens with zero attached hydrogens (tertiary/aromatic N) is 1. The fourth-order valence-corrected chi connectivity index (χ4v) is 1.83. The molecule has 0 radical (unpaired) electrons. The van der Waals surface area contributed by atoms with Gasteiger partial charge in [0, 0.05) is 13.1 Å². The number of alkyl halides is 1. The monoisotopic (exact) mass is 174 g/mol. The molecule has 72 valence electrons. The van der Waals surface area contributed by atoms with Gasteiger partial charge >= 0.3 is 0 Å². The van der Waals surface area contributed by atoms with Crippen LogP contribution in [0.5, 0.6) is 0 Å². The number of halogens is 1. The predicted octanol–water partition coefficient (Wildman–Crippen LogP) is 1.02. The van der Waals surface area contributed by atoms with Crippen molar-refractivity contribution < 1.29 is 4.39 Å². The third-order valence-corrected chi connectivity index (χ3v) is 2.54. The lowest BCUT2D eigenvalue weighted by Gasteiger charge is -2.31. The molecule has 0 spiro atoms. The Labute approximate surface area is 73.9 Å². The van der Waals surface area contributed by atoms with Crippen molar-refractivity contribution >= 4 is 0 Å². The fraction of sp³-hybridized carbons (Fsp3) is 1.00. The minimum Gasteiger partial charge on any atom is -0.330 e. The molecule has 0 aromatic rings. The summed E-state index contributed by atoms with van der Waals surface area (Å²) in [7, 11) is 0. The molecule has 0 bridgehead atoms. The Bertz CT molecular complexity index is 119. The van der Waals surface area contributed by atoms with Gasteiger partial charge in [0.05, 0.1) is 6.67 Å². The zero-order chi connectivity index (χ0) is 8.81. The van der Waals surface area contributed by atoms with Crippen LogP contribution in [0.1, 0.15) is 19.3 Å². The quantitative estimate of drug-likeness (QED) is 0.689. The van der Waals surface area contributed by atoms with E-state index in [9.17, 15) is 4.39 Å². The van der Waals surface area contributed by atoms with Gasteiger partial charge in [-0.25, -0.2) is 0 Å². The van der Waals surface area contributed by atoms with Crippen molar-refractivity contribution in [1.29, 1.82) is 0 Å². The first-order chi connectivity index (χ1) is 5.86. The van der Waals surface area contributed by atoms with Gasteiger partial charge in [0.1, 0.15) is 0 Å². The van der Waals surface area contributed by atoms with Gasteiger partial charge < -0.3 is 10.6 Å². The Hall–Kier alpha value is -0.150. The SMILES string of the molecule is NCC1CCCN(CCCF)C1. The van der Waals surface area contributed by atoms with Crippen LogP contribution in [0.25, 0.3) is 0 Å². The summed E-state index contributed by atoms with van der Waals surface area (Å²) in [5, 5.41) is 0. The van der Waals surface area contributed by atoms with Crippen LogP contribution < -0.4 is 5.73 Å². The average Bonchev–Trinajstić information content (AvgIpc) is 2.15. The van der Waals surface area contributed by atoms with Crippen molar-refractivity contribution in [2.24, 2.45) is 11.7 Å². The second kappa shape index (κ2) is 5.49. The molecule has 1 saturated heterocycles. The van der Waals surface area contributed by atoms with Gasteiger partial charge in [-0.05, 0) is 38.3 Å². The molecule has 1 aliphatic rings. The molecule has 0 aromatic carbocycles. The van der Waals surface area contributed by atoms with E-state index in [0.717, 1.165) is 26.2 Å². The molecule has 1 fully saturated rings. The largest absolute Gasteiger partial charge is 0.330 e. The lowest BCUT2D eigenvalue weighted by atomic mass is 9.98. The van der Waals surface area contributed by atoms with Crippen molar-refractivity contribution in [3.63, 3.8) is 0 Å². The number of hydrogen-bond donors (Lipinski definition) is 1. The van der Waals surface area contributed by atoms with Gasteiger partial charge in [-0.2, -0.15) is 0 Å². The lowest BCUT2D eigenvalue weighted by molar-refractivity contribution is 0.172. The van der Waals surface area contributed by atoms with Crippen LogP contribution in [0.4, 0.5) is 4.39 Å². The molecular weight excluding hydrogens is 155 g/mol. The molecule has 1 rings (SSSR count). The molecule has 2 N–H and O–H groups in total. The topological polar surface area (TPSA) is 29.3 Å². The van der Waals surface area contributed by atoms with E-state index in [1.165, 1.54) is 12.8 Å². The molecule has 2 nitrogen and oxygen atoms in total. The van der Waals surface area contributed by atoms with E-state index in [-0.39, 0.29) is 6.67 Å². The highest BCUT2D eigenvalue weighted by Gasteiger charge is 2.17. The molecular formula is C9H19FN2. The molecule has 1 atom stereocenters. The molecule has 1 unspecified atom stereocenters. The van der Waals surface area contributed by atoms with E-state index in [1.54, 1.807) is 0 Å². The van der Waals surface area contributed by atoms with Crippen LogP contribution in [-0.4, -0.2) is 37.8 Å². The average molecular weight is 174 g/mol. The smallest absolute Gasteiger partial charge is 0.0906 e. The Morgan fingerprint density at radius 1 is 1.50 bits per heavy atom. The molecule has 0 saturated carbocycles. The molecule has 0 amide bonds. The minimum atomic E-state index is -0.191. The Kier molecular flexibility index (Phi) is 4.54. The van der Waals surface area contributed by atoms with Gasteiger partial charge in [-0.15, -0.1) is 0 Å². The zero-order valence-corrected chi connectivity index (χ0v) is 7.64. The number of rotatable bonds is 4. The van der Waals surface area contributed by atoms with E-state index in [0.29, 0.717) is 12.3 Å². The van der Waals surface area contributed by atoms with Crippen LogP contribution in [0, 0.1) is 5.92 Å². The van der Waals surface area contributed by atoms with Crippen LogP contribution in [0.3, 0.4) is 0 Å². The lowest BCUT2D eigenvalue weighted by Crippen LogP contribution is -2.38. The number of nitrogens with two attached hydrogens (primary N) is 1. The first-order valence-corrected chi connectivity index (χ1v) is 4.85. The van der Waals surface area contributed by atoms with E-state index in [1.807, 2.05) is 0 Å². The molecule has 1 heterocycles. The predicted molar refractivity (Wildman–Crippen MR) is 48.8 cm³/mol. The molecule has 0 aliphatic carbocycles. The Balaban J connectivity index is 2.16. The minimum absolute atomic E-state index is 0.191. The normalized spacial score (nSPS) is 26.0. The Morgan fingerprint density at radius 3 is 3.00 bits per heavy atom. The Morgan fingerprint density at radius 2 is 2.33 bits per heavy atom. The number of hydrogen-bond acceptors (Lipinski definition) is 2. The number of piperidine rings is 1. The fourth-order valence-electron chi connectivity index (χ4n) is 1.83. The summed E-state index contributed by atoms with van der Waals surface area (Å²) in [4.78, 5) is 2.33. The standard InChI is InChI=1S/C9H19FN2/c10-4-2-6-12-5-1-3-9(7-11)8-12/h9H,1-8,11H2. The first kappa shape index (κ1) is 9.93. The van der Waals surface area contributed by atoms with Gasteiger partial charge in [0.25, 0.3) is 0 Å². The van der Waals surface area contributed by atoms with Crippen LogP contribution in [-0.2, 0) is 0 Å². The van der Waals surface area contributed by atoms with Crippen molar-refractivity contribution in [1.82, 2.24) is 4.90 Å². The van der Waals surface area contributed by atoms with E-state index < -0.39 is 0 Å². The first-order valence-electron chi connectivity index (χ1n) is 4.85. The highest BCUT2D eigenvalue weighted by Crippen LogP contribution is 2.14. The second-order valence-electron chi connectivity index (χ2n) is 3.59. The maximum atomic E-state index is 11.9. The van der Waals surface area contributed by atoms with Crippen molar-refractivity contribution in [2.75, 3.05) is 32.9 Å². The summed E-state index contributed by atoms with van der Waals surface area (Å²) in [6, 6.07) is 0. The summed E-state index contributed by atoms with van der Waals surface area (Å²) in [5.74, 6) is 0.651. The van der Waals surface area contributed by atoms with E-state index in [4.69, 9.17) is 5.73 Å². The third kappa shape index (κ3) is 3.07. The maximum absolute atomic E-state index is 11.9. The number of likely N-dealkylation sites (tertiary alicyclic amines) is 1. The van der Waals surface area contributed by atoms with Gasteiger partial charge in [0.15, 0.2) is 0 Å².